The largest absolute Gasteiger partial charge is 0.309 e. The Bertz CT molecular complexity index is 2710. The van der Waals surface area contributed by atoms with Crippen molar-refractivity contribution in [3.63, 3.8) is 0 Å². The minimum atomic E-state index is 0.596. The molecule has 0 spiro atoms. The number of aromatic nitrogens is 2. The summed E-state index contributed by atoms with van der Waals surface area (Å²) in [4.78, 5) is 0. The predicted octanol–water partition coefficient (Wildman–Crippen LogP) is 11.0. The first-order valence-electron chi connectivity index (χ1n) is 15.9. The van der Waals surface area contributed by atoms with Gasteiger partial charge in [-0.05, 0) is 71.3 Å². The number of hydrogen-bond acceptors (Lipinski definition) is 2. The Morgan fingerprint density at radius 3 is 1.44 bits per heavy atom. The summed E-state index contributed by atoms with van der Waals surface area (Å²) < 4.78 is 4.50. The third-order valence-electron chi connectivity index (χ3n) is 9.39. The highest BCUT2D eigenvalue weighted by Gasteiger charge is 2.18. The monoisotopic (exact) mass is 610 g/mol. The average molecular weight is 611 g/mol. The number of para-hydroxylation sites is 4. The van der Waals surface area contributed by atoms with Gasteiger partial charge in [0.25, 0.3) is 0 Å². The molecule has 0 amide bonds. The zero-order valence-corrected chi connectivity index (χ0v) is 25.8. The smallest absolute Gasteiger partial charge is 0.0998 e. The molecule has 7 aromatic carbocycles. The zero-order chi connectivity index (χ0) is 32.2. The summed E-state index contributed by atoms with van der Waals surface area (Å²) in [5, 5.41) is 25.1. The Morgan fingerprint density at radius 1 is 0.396 bits per heavy atom. The van der Waals surface area contributed by atoms with Crippen molar-refractivity contribution in [2.45, 2.75) is 0 Å². The van der Waals surface area contributed by atoms with E-state index in [1.807, 2.05) is 30.3 Å². The molecule has 0 fully saturated rings. The van der Waals surface area contributed by atoms with Crippen LogP contribution >= 0.6 is 0 Å². The lowest BCUT2D eigenvalue weighted by Crippen LogP contribution is -1.99. The Hall–Kier alpha value is -6.88. The summed E-state index contributed by atoms with van der Waals surface area (Å²) in [5.74, 6) is 0. The Labute approximate surface area is 277 Å². The molecule has 2 heterocycles. The van der Waals surface area contributed by atoms with Crippen LogP contribution in [-0.2, 0) is 0 Å². The second-order valence-corrected chi connectivity index (χ2v) is 12.0. The first-order chi connectivity index (χ1) is 23.7. The summed E-state index contributed by atoms with van der Waals surface area (Å²) in [6.07, 6.45) is 0. The maximum Gasteiger partial charge on any atom is 0.0998 e. The molecule has 2 aromatic heterocycles. The van der Waals surface area contributed by atoms with Crippen molar-refractivity contribution >= 4 is 43.6 Å². The van der Waals surface area contributed by atoms with E-state index >= 15 is 0 Å². The fourth-order valence-electron chi connectivity index (χ4n) is 7.28. The third-order valence-corrected chi connectivity index (χ3v) is 9.39. The molecule has 0 N–H and O–H groups in total. The van der Waals surface area contributed by atoms with Crippen molar-refractivity contribution in [2.24, 2.45) is 0 Å². The van der Waals surface area contributed by atoms with Crippen molar-refractivity contribution in [3.05, 3.63) is 169 Å². The summed E-state index contributed by atoms with van der Waals surface area (Å²) >= 11 is 0. The maximum absolute atomic E-state index is 10.4. The average Bonchev–Trinajstić information content (AvgIpc) is 3.67. The molecule has 0 aliphatic heterocycles. The first-order valence-corrected chi connectivity index (χ1v) is 15.9. The van der Waals surface area contributed by atoms with Crippen LogP contribution in [0.4, 0.5) is 0 Å². The molecule has 4 heteroatoms. The van der Waals surface area contributed by atoms with Crippen molar-refractivity contribution in [1.29, 1.82) is 10.5 Å². The van der Waals surface area contributed by atoms with Gasteiger partial charge in [-0.2, -0.15) is 10.5 Å². The van der Waals surface area contributed by atoms with Gasteiger partial charge in [-0.1, -0.05) is 103 Å². The highest BCUT2D eigenvalue weighted by atomic mass is 15.0. The minimum Gasteiger partial charge on any atom is -0.309 e. The zero-order valence-electron chi connectivity index (χ0n) is 25.8. The number of nitrogens with zero attached hydrogens (tertiary/aromatic N) is 4. The van der Waals surface area contributed by atoms with Crippen LogP contribution in [0, 0.1) is 22.7 Å². The molecule has 0 aliphatic carbocycles. The molecule has 9 aromatic rings. The Kier molecular flexibility index (Phi) is 6.22. The molecular formula is C44H26N4. The van der Waals surface area contributed by atoms with Gasteiger partial charge in [0, 0.05) is 32.8 Å². The van der Waals surface area contributed by atoms with E-state index in [0.717, 1.165) is 66.5 Å². The van der Waals surface area contributed by atoms with Gasteiger partial charge >= 0.3 is 0 Å². The lowest BCUT2D eigenvalue weighted by atomic mass is 9.94. The minimum absolute atomic E-state index is 0.596. The highest BCUT2D eigenvalue weighted by molar-refractivity contribution is 6.10. The lowest BCUT2D eigenvalue weighted by Gasteiger charge is -2.16. The van der Waals surface area contributed by atoms with Crippen LogP contribution in [-0.4, -0.2) is 9.13 Å². The predicted molar refractivity (Wildman–Crippen MR) is 195 cm³/mol. The molecule has 0 bridgehead atoms. The van der Waals surface area contributed by atoms with Gasteiger partial charge in [-0.15, -0.1) is 0 Å². The number of hydrogen-bond donors (Lipinski definition) is 0. The summed E-state index contributed by atoms with van der Waals surface area (Å²) in [7, 11) is 0. The molecule has 0 saturated heterocycles. The molecule has 0 atom stereocenters. The molecule has 0 aliphatic rings. The van der Waals surface area contributed by atoms with Crippen molar-refractivity contribution in [2.75, 3.05) is 0 Å². The van der Waals surface area contributed by atoms with Crippen LogP contribution in [0.1, 0.15) is 11.1 Å². The first kappa shape index (κ1) is 27.4. The van der Waals surface area contributed by atoms with Crippen LogP contribution in [0.25, 0.3) is 77.2 Å². The fourth-order valence-corrected chi connectivity index (χ4v) is 7.28. The lowest BCUT2D eigenvalue weighted by molar-refractivity contribution is 1.18. The Balaban J connectivity index is 1.21. The summed E-state index contributed by atoms with van der Waals surface area (Å²) in [5.41, 5.74) is 11.3. The van der Waals surface area contributed by atoms with Gasteiger partial charge in [0.2, 0.25) is 0 Å². The van der Waals surface area contributed by atoms with E-state index in [9.17, 15) is 10.5 Å². The van der Waals surface area contributed by atoms with Crippen LogP contribution in [0.3, 0.4) is 0 Å². The van der Waals surface area contributed by atoms with E-state index in [-0.39, 0.29) is 0 Å². The van der Waals surface area contributed by atoms with Crippen LogP contribution in [0.2, 0.25) is 0 Å². The van der Waals surface area contributed by atoms with Gasteiger partial charge in [0.1, 0.15) is 0 Å². The normalized spacial score (nSPS) is 11.3. The highest BCUT2D eigenvalue weighted by Crippen LogP contribution is 2.39. The van der Waals surface area contributed by atoms with E-state index in [2.05, 4.69) is 149 Å². The fraction of sp³-hybridized carbons (Fsp3) is 0. The summed E-state index contributed by atoms with van der Waals surface area (Å²) in [6, 6.07) is 58.8. The second kappa shape index (κ2) is 10.9. The molecule has 222 valence electrons. The van der Waals surface area contributed by atoms with Gasteiger partial charge in [-0.25, -0.2) is 0 Å². The van der Waals surface area contributed by atoms with Gasteiger partial charge < -0.3 is 9.13 Å². The molecule has 0 saturated carbocycles. The number of rotatable bonds is 4. The molecule has 0 radical (unpaired) electrons. The molecule has 9 rings (SSSR count). The second-order valence-electron chi connectivity index (χ2n) is 12.0. The van der Waals surface area contributed by atoms with E-state index in [4.69, 9.17) is 0 Å². The standard InChI is InChI=1S/C44H26N4/c45-27-29-20-22-35(44(24-29)48-42-18-7-3-14-38(42)39-15-4-8-19-43(39)48)31-11-9-10-30(25-31)34-23-21-33(26-32(34)28-46)47-40-16-5-1-12-36(40)37-13-2-6-17-41(37)47/h1-26H. The van der Waals surface area contributed by atoms with Crippen LogP contribution in [0.15, 0.2) is 158 Å². The molecule has 48 heavy (non-hydrogen) atoms. The quantitative estimate of drug-likeness (QED) is 0.199. The van der Waals surface area contributed by atoms with E-state index in [0.29, 0.717) is 11.1 Å². The van der Waals surface area contributed by atoms with Crippen LogP contribution < -0.4 is 0 Å². The van der Waals surface area contributed by atoms with E-state index in [1.54, 1.807) is 0 Å². The Morgan fingerprint density at radius 2 is 0.896 bits per heavy atom. The molecule has 0 unspecified atom stereocenters. The SMILES string of the molecule is N#Cc1ccc(-c2cccc(-c3ccc(-n4c5ccccc5c5ccccc54)cc3C#N)c2)c(-n2c3ccccc3c3ccccc32)c1. The topological polar surface area (TPSA) is 57.4 Å². The number of fused-ring (bicyclic) bond motifs is 6. The van der Waals surface area contributed by atoms with Crippen molar-refractivity contribution in [3.8, 4) is 45.8 Å². The van der Waals surface area contributed by atoms with Gasteiger partial charge in [0.05, 0.1) is 51.0 Å². The van der Waals surface area contributed by atoms with Crippen molar-refractivity contribution in [1.82, 2.24) is 9.13 Å². The summed E-state index contributed by atoms with van der Waals surface area (Å²) in [6.45, 7) is 0. The van der Waals surface area contributed by atoms with Crippen LogP contribution in [0.5, 0.6) is 0 Å². The third kappa shape index (κ3) is 4.14. The van der Waals surface area contributed by atoms with Crippen molar-refractivity contribution < 1.29 is 0 Å². The van der Waals surface area contributed by atoms with E-state index in [1.165, 1.54) is 10.8 Å². The molecular weight excluding hydrogens is 585 g/mol. The molecule has 4 nitrogen and oxygen atoms in total. The van der Waals surface area contributed by atoms with E-state index < -0.39 is 0 Å². The van der Waals surface area contributed by atoms with Gasteiger partial charge in [0.15, 0.2) is 0 Å². The number of benzene rings is 7. The van der Waals surface area contributed by atoms with Gasteiger partial charge in [-0.3, -0.25) is 0 Å². The number of nitriles is 2. The maximum atomic E-state index is 10.4.